The largest absolute Gasteiger partial charge is 0.486 e. The van der Waals surface area contributed by atoms with Gasteiger partial charge in [0.25, 0.3) is 10.0 Å². The van der Waals surface area contributed by atoms with Gasteiger partial charge in [-0.2, -0.15) is 0 Å². The van der Waals surface area contributed by atoms with Crippen molar-refractivity contribution in [2.24, 2.45) is 0 Å². The topological polar surface area (TPSA) is 72.9 Å². The van der Waals surface area contributed by atoms with Crippen LogP contribution in [0.5, 0.6) is 11.5 Å². The average molecular weight is 347 g/mol. The molecule has 0 fully saturated rings. The molecule has 0 saturated carbocycles. The van der Waals surface area contributed by atoms with Crippen LogP contribution in [-0.4, -0.2) is 34.5 Å². The van der Waals surface area contributed by atoms with E-state index < -0.39 is 10.0 Å². The van der Waals surface area contributed by atoms with Crippen molar-refractivity contribution >= 4 is 21.5 Å². The van der Waals surface area contributed by atoms with Crippen LogP contribution in [0.15, 0.2) is 47.4 Å². The maximum absolute atomic E-state index is 12.8. The second kappa shape index (κ2) is 6.16. The predicted octanol–water partition coefficient (Wildman–Crippen LogP) is 2.49. The first-order valence-electron chi connectivity index (χ1n) is 7.39. The number of nitrogens with zero attached hydrogens (tertiary/aromatic N) is 1. The van der Waals surface area contributed by atoms with E-state index in [1.165, 1.54) is 42.5 Å². The Morgan fingerprint density at radius 3 is 2.25 bits per heavy atom. The monoisotopic (exact) mass is 347 g/mol. The molecule has 0 radical (unpaired) electrons. The molecule has 24 heavy (non-hydrogen) atoms. The second-order valence-electron chi connectivity index (χ2n) is 5.38. The van der Waals surface area contributed by atoms with E-state index in [2.05, 4.69) is 0 Å². The second-order valence-corrected chi connectivity index (χ2v) is 7.35. The summed E-state index contributed by atoms with van der Waals surface area (Å²) in [6.07, 6.45) is 0. The number of ketones is 1. The molecule has 126 valence electrons. The summed E-state index contributed by atoms with van der Waals surface area (Å²) in [6.45, 7) is 2.34. The Hall–Kier alpha value is -2.54. The lowest BCUT2D eigenvalue weighted by atomic mass is 10.2. The summed E-state index contributed by atoms with van der Waals surface area (Å²) in [5.41, 5.74) is 0.936. The minimum Gasteiger partial charge on any atom is -0.486 e. The van der Waals surface area contributed by atoms with Gasteiger partial charge in [0.1, 0.15) is 13.2 Å². The Morgan fingerprint density at radius 1 is 1.00 bits per heavy atom. The summed E-state index contributed by atoms with van der Waals surface area (Å²) in [7, 11) is -2.26. The number of Topliss-reactive ketones (excluding diaryl/α,β-unsaturated/α-hetero) is 1. The molecule has 0 bridgehead atoms. The van der Waals surface area contributed by atoms with Crippen molar-refractivity contribution in [3.63, 3.8) is 0 Å². The predicted molar refractivity (Wildman–Crippen MR) is 89.5 cm³/mol. The van der Waals surface area contributed by atoms with E-state index in [1.54, 1.807) is 18.2 Å². The van der Waals surface area contributed by atoms with Crippen molar-refractivity contribution < 1.29 is 22.7 Å². The van der Waals surface area contributed by atoms with Gasteiger partial charge < -0.3 is 9.47 Å². The zero-order valence-corrected chi connectivity index (χ0v) is 14.2. The molecular formula is C17H17NO5S. The highest BCUT2D eigenvalue weighted by Crippen LogP contribution is 2.35. The molecule has 1 heterocycles. The van der Waals surface area contributed by atoms with Crippen LogP contribution in [0.2, 0.25) is 0 Å². The number of fused-ring (bicyclic) bond motifs is 1. The molecule has 0 spiro atoms. The van der Waals surface area contributed by atoms with Crippen LogP contribution in [0.1, 0.15) is 17.3 Å². The molecule has 6 nitrogen and oxygen atoms in total. The minimum atomic E-state index is -3.74. The molecule has 0 unspecified atom stereocenters. The van der Waals surface area contributed by atoms with Gasteiger partial charge in [-0.25, -0.2) is 8.42 Å². The lowest BCUT2D eigenvalue weighted by molar-refractivity contribution is 0.101. The summed E-state index contributed by atoms with van der Waals surface area (Å²) in [6, 6.07) is 10.9. The normalized spacial score (nSPS) is 13.4. The fourth-order valence-electron chi connectivity index (χ4n) is 2.39. The molecule has 0 atom stereocenters. The molecular weight excluding hydrogens is 330 g/mol. The first kappa shape index (κ1) is 16.3. The van der Waals surface area contributed by atoms with Gasteiger partial charge in [-0.05, 0) is 31.2 Å². The van der Waals surface area contributed by atoms with Crippen LogP contribution in [-0.2, 0) is 10.0 Å². The number of ether oxygens (including phenoxy) is 2. The fourth-order valence-corrected chi connectivity index (χ4v) is 3.57. The lowest BCUT2D eigenvalue weighted by Gasteiger charge is -2.23. The SMILES string of the molecule is CC(=O)c1ccc(S(=O)(=O)N(C)c2ccc3c(c2)OCCO3)cc1. The third-order valence-electron chi connectivity index (χ3n) is 3.81. The average Bonchev–Trinajstić information content (AvgIpc) is 2.60. The number of benzene rings is 2. The van der Waals surface area contributed by atoms with Gasteiger partial charge in [0.15, 0.2) is 17.3 Å². The molecule has 7 heteroatoms. The molecule has 1 aliphatic rings. The Bertz CT molecular complexity index is 874. The van der Waals surface area contributed by atoms with Crippen molar-refractivity contribution in [3.8, 4) is 11.5 Å². The van der Waals surface area contributed by atoms with E-state index in [4.69, 9.17) is 9.47 Å². The number of anilines is 1. The van der Waals surface area contributed by atoms with E-state index >= 15 is 0 Å². The number of hydrogen-bond donors (Lipinski definition) is 0. The molecule has 0 N–H and O–H groups in total. The highest BCUT2D eigenvalue weighted by atomic mass is 32.2. The van der Waals surface area contributed by atoms with Gasteiger partial charge in [0, 0.05) is 18.7 Å². The fraction of sp³-hybridized carbons (Fsp3) is 0.235. The zero-order valence-electron chi connectivity index (χ0n) is 13.4. The van der Waals surface area contributed by atoms with Gasteiger partial charge in [-0.15, -0.1) is 0 Å². The summed E-state index contributed by atoms with van der Waals surface area (Å²) in [5.74, 6) is 1.01. The maximum Gasteiger partial charge on any atom is 0.264 e. The highest BCUT2D eigenvalue weighted by molar-refractivity contribution is 7.92. The van der Waals surface area contributed by atoms with E-state index in [1.807, 2.05) is 0 Å². The summed E-state index contributed by atoms with van der Waals surface area (Å²) in [5, 5.41) is 0. The summed E-state index contributed by atoms with van der Waals surface area (Å²) < 4.78 is 37.6. The summed E-state index contributed by atoms with van der Waals surface area (Å²) >= 11 is 0. The van der Waals surface area contributed by atoms with E-state index in [-0.39, 0.29) is 10.7 Å². The number of rotatable bonds is 4. The minimum absolute atomic E-state index is 0.112. The van der Waals surface area contributed by atoms with Crippen LogP contribution in [0.3, 0.4) is 0 Å². The van der Waals surface area contributed by atoms with Gasteiger partial charge in [-0.1, -0.05) is 12.1 Å². The Balaban J connectivity index is 1.92. The molecule has 2 aromatic rings. The molecule has 0 amide bonds. The standard InChI is InChI=1S/C17H17NO5S/c1-12(19)13-3-6-15(7-4-13)24(20,21)18(2)14-5-8-16-17(11-14)23-10-9-22-16/h3-8,11H,9-10H2,1-2H3. The van der Waals surface area contributed by atoms with Crippen LogP contribution < -0.4 is 13.8 Å². The van der Waals surface area contributed by atoms with E-state index in [0.717, 1.165) is 0 Å². The van der Waals surface area contributed by atoms with Crippen LogP contribution >= 0.6 is 0 Å². The molecule has 0 aromatic heterocycles. The van der Waals surface area contributed by atoms with Gasteiger partial charge >= 0.3 is 0 Å². The van der Waals surface area contributed by atoms with Crippen LogP contribution in [0, 0.1) is 0 Å². The smallest absolute Gasteiger partial charge is 0.264 e. The Kier molecular flexibility index (Phi) is 4.19. The van der Waals surface area contributed by atoms with Crippen molar-refractivity contribution in [1.29, 1.82) is 0 Å². The zero-order chi connectivity index (χ0) is 17.3. The Labute approximate surface area is 140 Å². The first-order chi connectivity index (χ1) is 11.4. The van der Waals surface area contributed by atoms with Crippen LogP contribution in [0.25, 0.3) is 0 Å². The van der Waals surface area contributed by atoms with Crippen molar-refractivity contribution in [3.05, 3.63) is 48.0 Å². The molecule has 0 aliphatic carbocycles. The number of carbonyl (C=O) groups is 1. The van der Waals surface area contributed by atoms with Crippen LogP contribution in [0.4, 0.5) is 5.69 Å². The first-order valence-corrected chi connectivity index (χ1v) is 8.83. The number of carbonyl (C=O) groups excluding carboxylic acids is 1. The van der Waals surface area contributed by atoms with Crippen molar-refractivity contribution in [2.45, 2.75) is 11.8 Å². The lowest BCUT2D eigenvalue weighted by Crippen LogP contribution is -2.27. The highest BCUT2D eigenvalue weighted by Gasteiger charge is 2.23. The van der Waals surface area contributed by atoms with E-state index in [0.29, 0.717) is 36.0 Å². The van der Waals surface area contributed by atoms with Gasteiger partial charge in [-0.3, -0.25) is 9.10 Å². The van der Waals surface area contributed by atoms with Gasteiger partial charge in [0.05, 0.1) is 10.6 Å². The molecule has 3 rings (SSSR count). The third kappa shape index (κ3) is 2.94. The molecule has 2 aromatic carbocycles. The maximum atomic E-state index is 12.8. The number of hydrogen-bond acceptors (Lipinski definition) is 5. The quantitative estimate of drug-likeness (QED) is 0.795. The third-order valence-corrected chi connectivity index (χ3v) is 5.61. The summed E-state index contributed by atoms with van der Waals surface area (Å²) in [4.78, 5) is 11.4. The van der Waals surface area contributed by atoms with Gasteiger partial charge in [0.2, 0.25) is 0 Å². The van der Waals surface area contributed by atoms with E-state index in [9.17, 15) is 13.2 Å². The molecule has 0 saturated heterocycles. The molecule has 1 aliphatic heterocycles. The number of sulfonamides is 1. The Morgan fingerprint density at radius 2 is 1.62 bits per heavy atom. The van der Waals surface area contributed by atoms with Crippen molar-refractivity contribution in [1.82, 2.24) is 0 Å². The van der Waals surface area contributed by atoms with Crippen molar-refractivity contribution in [2.75, 3.05) is 24.6 Å².